The van der Waals surface area contributed by atoms with Gasteiger partial charge in [0.1, 0.15) is 6.33 Å². The highest BCUT2D eigenvalue weighted by Crippen LogP contribution is 2.33. The maximum atomic E-state index is 14.3. The number of carbonyl (C=O) groups excluding carboxylic acids is 2. The number of aryl methyl sites for hydroxylation is 1. The monoisotopic (exact) mass is 551 g/mol. The number of carbonyl (C=O) groups is 2. The fourth-order valence-electron chi connectivity index (χ4n) is 6.23. The van der Waals surface area contributed by atoms with Crippen LogP contribution in [0.15, 0.2) is 64.8 Å². The van der Waals surface area contributed by atoms with Crippen LogP contribution < -0.4 is 16.7 Å². The van der Waals surface area contributed by atoms with E-state index in [1.807, 2.05) is 53.0 Å². The van der Waals surface area contributed by atoms with Gasteiger partial charge < -0.3 is 5.73 Å². The standard InChI is InChI=1S/C31H33N7O3/c1-2-6-27-25(30(41)37(31-33-18-34-38(27)31)22-12-10-21(11-13-22)29(32)40)16-19-9-14-23(20-7-4-3-5-8-20)24(15-19)26-17-28(39)36-35-26/h3-5,7-9,14-15,18,21-22H,2,6,10-13,16-17H2,1H3,(H2,32,40)(H,36,39). The number of fused-ring (bicyclic) bond motifs is 1. The van der Waals surface area contributed by atoms with Crippen molar-refractivity contribution in [3.05, 3.63) is 87.6 Å². The molecule has 0 spiro atoms. The molecule has 0 unspecified atom stereocenters. The normalized spacial score (nSPS) is 18.9. The van der Waals surface area contributed by atoms with Gasteiger partial charge in [0.05, 0.1) is 17.8 Å². The lowest BCUT2D eigenvalue weighted by molar-refractivity contribution is -0.123. The molecule has 2 aromatic heterocycles. The number of aromatic nitrogens is 4. The summed E-state index contributed by atoms with van der Waals surface area (Å²) in [6.07, 6.45) is 6.29. The zero-order valence-electron chi connectivity index (χ0n) is 23.0. The first-order chi connectivity index (χ1) is 19.9. The van der Waals surface area contributed by atoms with Crippen molar-refractivity contribution in [2.45, 2.75) is 64.3 Å². The number of primary amides is 1. The summed E-state index contributed by atoms with van der Waals surface area (Å²) < 4.78 is 3.59. The summed E-state index contributed by atoms with van der Waals surface area (Å²) in [7, 11) is 0. The Morgan fingerprint density at radius 1 is 1.05 bits per heavy atom. The molecule has 6 rings (SSSR count). The van der Waals surface area contributed by atoms with E-state index in [4.69, 9.17) is 5.73 Å². The molecule has 0 bridgehead atoms. The number of hydrogen-bond acceptors (Lipinski definition) is 6. The van der Waals surface area contributed by atoms with Crippen LogP contribution in [0, 0.1) is 5.92 Å². The van der Waals surface area contributed by atoms with Gasteiger partial charge in [-0.3, -0.25) is 19.0 Å². The van der Waals surface area contributed by atoms with Gasteiger partial charge in [0.25, 0.3) is 5.56 Å². The van der Waals surface area contributed by atoms with Crippen LogP contribution in [-0.2, 0) is 22.4 Å². The van der Waals surface area contributed by atoms with E-state index in [1.165, 1.54) is 6.33 Å². The van der Waals surface area contributed by atoms with Gasteiger partial charge in [-0.1, -0.05) is 55.8 Å². The largest absolute Gasteiger partial charge is 0.369 e. The lowest BCUT2D eigenvalue weighted by Crippen LogP contribution is -2.35. The highest BCUT2D eigenvalue weighted by atomic mass is 16.2. The first-order valence-electron chi connectivity index (χ1n) is 14.2. The molecule has 1 fully saturated rings. The van der Waals surface area contributed by atoms with Crippen molar-refractivity contribution >= 4 is 23.3 Å². The number of rotatable bonds is 8. The Bertz CT molecular complexity index is 1710. The second kappa shape index (κ2) is 11.1. The van der Waals surface area contributed by atoms with Crippen LogP contribution in [0.3, 0.4) is 0 Å². The molecular weight excluding hydrogens is 518 g/mol. The van der Waals surface area contributed by atoms with E-state index in [1.54, 1.807) is 4.57 Å². The van der Waals surface area contributed by atoms with Crippen molar-refractivity contribution in [1.29, 1.82) is 0 Å². The molecule has 2 aliphatic rings. The molecule has 4 aromatic rings. The molecule has 0 radical (unpaired) electrons. The van der Waals surface area contributed by atoms with Crippen molar-refractivity contribution in [2.75, 3.05) is 0 Å². The Hall–Kier alpha value is -4.60. The number of amides is 2. The Kier molecular flexibility index (Phi) is 7.21. The number of benzene rings is 2. The van der Waals surface area contributed by atoms with Crippen molar-refractivity contribution in [3.63, 3.8) is 0 Å². The summed E-state index contributed by atoms with van der Waals surface area (Å²) >= 11 is 0. The maximum Gasteiger partial charge on any atom is 0.259 e. The predicted octanol–water partition coefficient (Wildman–Crippen LogP) is 3.54. The number of nitrogens with zero attached hydrogens (tertiary/aromatic N) is 5. The van der Waals surface area contributed by atoms with Crippen LogP contribution in [0.1, 0.15) is 73.9 Å². The third-order valence-corrected chi connectivity index (χ3v) is 8.28. The molecule has 2 aromatic carbocycles. The van der Waals surface area contributed by atoms with Crippen LogP contribution in [0.5, 0.6) is 0 Å². The Balaban J connectivity index is 1.45. The average molecular weight is 552 g/mol. The fraction of sp³-hybridized carbons (Fsp3) is 0.355. The van der Waals surface area contributed by atoms with Crippen LogP contribution in [0.25, 0.3) is 16.9 Å². The van der Waals surface area contributed by atoms with Gasteiger partial charge >= 0.3 is 0 Å². The van der Waals surface area contributed by atoms with Crippen LogP contribution in [0.2, 0.25) is 0 Å². The second-order valence-electron chi connectivity index (χ2n) is 10.9. The topological polar surface area (TPSA) is 137 Å². The van der Waals surface area contributed by atoms with Gasteiger partial charge in [0.15, 0.2) is 0 Å². The maximum absolute atomic E-state index is 14.3. The first kappa shape index (κ1) is 26.6. The van der Waals surface area contributed by atoms with Gasteiger partial charge in [-0.2, -0.15) is 15.2 Å². The first-order valence-corrected chi connectivity index (χ1v) is 14.2. The van der Waals surface area contributed by atoms with Gasteiger partial charge in [-0.15, -0.1) is 0 Å². The quantitative estimate of drug-likeness (QED) is 0.345. The molecule has 1 aliphatic heterocycles. The fourth-order valence-corrected chi connectivity index (χ4v) is 6.23. The molecule has 10 heteroatoms. The van der Waals surface area contributed by atoms with E-state index in [0.717, 1.165) is 34.4 Å². The molecule has 0 saturated heterocycles. The van der Waals surface area contributed by atoms with Crippen LogP contribution >= 0.6 is 0 Å². The van der Waals surface area contributed by atoms with Gasteiger partial charge in [0.2, 0.25) is 17.6 Å². The summed E-state index contributed by atoms with van der Waals surface area (Å²) in [4.78, 5) is 42.6. The highest BCUT2D eigenvalue weighted by Gasteiger charge is 2.30. The predicted molar refractivity (Wildman–Crippen MR) is 155 cm³/mol. The lowest BCUT2D eigenvalue weighted by Gasteiger charge is -2.29. The van der Waals surface area contributed by atoms with Gasteiger partial charge in [0, 0.05) is 29.5 Å². The Labute approximate surface area is 237 Å². The van der Waals surface area contributed by atoms with Crippen molar-refractivity contribution in [3.8, 4) is 11.1 Å². The Morgan fingerprint density at radius 2 is 1.83 bits per heavy atom. The van der Waals surface area contributed by atoms with Crippen molar-refractivity contribution in [2.24, 2.45) is 16.8 Å². The summed E-state index contributed by atoms with van der Waals surface area (Å²) in [6, 6.07) is 16.1. The molecule has 3 heterocycles. The minimum atomic E-state index is -0.277. The third kappa shape index (κ3) is 5.05. The van der Waals surface area contributed by atoms with E-state index >= 15 is 0 Å². The molecule has 10 nitrogen and oxygen atoms in total. The second-order valence-corrected chi connectivity index (χ2v) is 10.9. The molecule has 210 valence electrons. The SMILES string of the molecule is CCCc1c(Cc2ccc(-c3ccccc3)c(C3=NNC(=O)C3)c2)c(=O)n(C2CCC(C(N)=O)CC2)c2ncnn12. The smallest absolute Gasteiger partial charge is 0.259 e. The number of nitrogens with one attached hydrogen (secondary N) is 1. The highest BCUT2D eigenvalue weighted by molar-refractivity contribution is 6.16. The van der Waals surface area contributed by atoms with Crippen molar-refractivity contribution in [1.82, 2.24) is 24.6 Å². The minimum Gasteiger partial charge on any atom is -0.369 e. The summed E-state index contributed by atoms with van der Waals surface area (Å²) in [5.41, 5.74) is 14.1. The Morgan fingerprint density at radius 3 is 2.51 bits per heavy atom. The van der Waals surface area contributed by atoms with E-state index in [9.17, 15) is 14.4 Å². The van der Waals surface area contributed by atoms with Crippen LogP contribution in [0.4, 0.5) is 0 Å². The van der Waals surface area contributed by atoms with Gasteiger partial charge in [-0.25, -0.2) is 9.94 Å². The van der Waals surface area contributed by atoms with E-state index < -0.39 is 0 Å². The summed E-state index contributed by atoms with van der Waals surface area (Å²) in [5, 5.41) is 8.84. The molecule has 3 N–H and O–H groups in total. The van der Waals surface area contributed by atoms with E-state index in [0.29, 0.717) is 55.6 Å². The molecule has 0 atom stereocenters. The van der Waals surface area contributed by atoms with Crippen LogP contribution in [-0.4, -0.2) is 36.7 Å². The number of hydrazone groups is 1. The molecule has 41 heavy (non-hydrogen) atoms. The van der Waals surface area contributed by atoms with Crippen molar-refractivity contribution < 1.29 is 9.59 Å². The average Bonchev–Trinajstić information content (AvgIpc) is 3.65. The zero-order valence-corrected chi connectivity index (χ0v) is 23.0. The molecule has 1 saturated carbocycles. The molecule has 2 amide bonds. The summed E-state index contributed by atoms with van der Waals surface area (Å²) in [6.45, 7) is 2.08. The molecule has 1 aliphatic carbocycles. The van der Waals surface area contributed by atoms with Gasteiger partial charge in [-0.05, 0) is 54.9 Å². The minimum absolute atomic E-state index is 0.0692. The van der Waals surface area contributed by atoms with E-state index in [2.05, 4.69) is 27.5 Å². The third-order valence-electron chi connectivity index (χ3n) is 8.28. The lowest BCUT2D eigenvalue weighted by atomic mass is 9.85. The zero-order chi connectivity index (χ0) is 28.5. The molecular formula is C31H33N7O3. The summed E-state index contributed by atoms with van der Waals surface area (Å²) in [5.74, 6) is -0.0352. The number of nitrogens with two attached hydrogens (primary N) is 1. The number of hydrogen-bond donors (Lipinski definition) is 2. The van der Waals surface area contributed by atoms with E-state index in [-0.39, 0.29) is 35.8 Å².